The molecule has 0 aromatic heterocycles. The molecule has 19 heavy (non-hydrogen) atoms. The zero-order chi connectivity index (χ0) is 13.8. The summed E-state index contributed by atoms with van der Waals surface area (Å²) in [7, 11) is 0. The van der Waals surface area contributed by atoms with Crippen LogP contribution in [0.4, 0.5) is 4.39 Å². The summed E-state index contributed by atoms with van der Waals surface area (Å²) < 4.78 is 13.9. The number of halogens is 1. The van der Waals surface area contributed by atoms with E-state index in [1.165, 1.54) is 11.6 Å². The van der Waals surface area contributed by atoms with E-state index in [2.05, 4.69) is 11.5 Å². The average Bonchev–Trinajstić information content (AvgIpc) is 2.39. The van der Waals surface area contributed by atoms with Crippen molar-refractivity contribution in [1.29, 1.82) is 0 Å². The van der Waals surface area contributed by atoms with Crippen LogP contribution in [-0.2, 0) is 6.42 Å². The van der Waals surface area contributed by atoms with Crippen LogP contribution in [0.1, 0.15) is 28.3 Å². The van der Waals surface area contributed by atoms with Gasteiger partial charge in [-0.1, -0.05) is 47.5 Å². The number of hydrazine groups is 1. The first-order valence-electron chi connectivity index (χ1n) is 6.38. The summed E-state index contributed by atoms with van der Waals surface area (Å²) in [6, 6.07) is 13.1. The predicted molar refractivity (Wildman–Crippen MR) is 76.1 cm³/mol. The standard InChI is InChI=1S/C16H19FN2/c1-11-4-3-5-13(8-11)10-16(19-18)14-9-12(2)6-7-15(14)17/h3-9,16,19H,10,18H2,1-2H3. The molecule has 3 N–H and O–H groups in total. The first-order valence-corrected chi connectivity index (χ1v) is 6.38. The Bertz CT molecular complexity index is 566. The Morgan fingerprint density at radius 2 is 1.84 bits per heavy atom. The van der Waals surface area contributed by atoms with Gasteiger partial charge < -0.3 is 0 Å². The highest BCUT2D eigenvalue weighted by Crippen LogP contribution is 2.22. The zero-order valence-corrected chi connectivity index (χ0v) is 11.3. The molecule has 0 heterocycles. The van der Waals surface area contributed by atoms with Crippen molar-refractivity contribution in [2.45, 2.75) is 26.3 Å². The first-order chi connectivity index (χ1) is 9.10. The van der Waals surface area contributed by atoms with Gasteiger partial charge in [0.15, 0.2) is 0 Å². The minimum absolute atomic E-state index is 0.221. The maximum Gasteiger partial charge on any atom is 0.128 e. The number of aryl methyl sites for hydroxylation is 2. The van der Waals surface area contributed by atoms with Crippen molar-refractivity contribution in [3.63, 3.8) is 0 Å². The highest BCUT2D eigenvalue weighted by molar-refractivity contribution is 5.30. The van der Waals surface area contributed by atoms with Crippen molar-refractivity contribution in [3.05, 3.63) is 70.5 Å². The molecular formula is C16H19FN2. The summed E-state index contributed by atoms with van der Waals surface area (Å²) in [6.45, 7) is 3.99. The largest absolute Gasteiger partial charge is 0.271 e. The third-order valence-electron chi connectivity index (χ3n) is 3.25. The van der Waals surface area contributed by atoms with Gasteiger partial charge in [0.25, 0.3) is 0 Å². The van der Waals surface area contributed by atoms with Gasteiger partial charge in [0.05, 0.1) is 6.04 Å². The topological polar surface area (TPSA) is 38.0 Å². The van der Waals surface area contributed by atoms with Gasteiger partial charge in [-0.15, -0.1) is 0 Å². The summed E-state index contributed by atoms with van der Waals surface area (Å²) in [6.07, 6.45) is 0.665. The highest BCUT2D eigenvalue weighted by Gasteiger charge is 2.15. The molecule has 0 aliphatic rings. The van der Waals surface area contributed by atoms with Crippen molar-refractivity contribution in [1.82, 2.24) is 5.43 Å². The second-order valence-corrected chi connectivity index (χ2v) is 4.94. The quantitative estimate of drug-likeness (QED) is 0.653. The van der Waals surface area contributed by atoms with E-state index in [9.17, 15) is 4.39 Å². The number of hydrogen-bond donors (Lipinski definition) is 2. The molecular weight excluding hydrogens is 239 g/mol. The third kappa shape index (κ3) is 3.40. The molecule has 0 aliphatic heterocycles. The first kappa shape index (κ1) is 13.7. The van der Waals surface area contributed by atoms with Gasteiger partial charge in [0.2, 0.25) is 0 Å². The zero-order valence-electron chi connectivity index (χ0n) is 11.3. The molecule has 2 nitrogen and oxygen atoms in total. The van der Waals surface area contributed by atoms with Crippen LogP contribution in [-0.4, -0.2) is 0 Å². The van der Waals surface area contributed by atoms with Crippen LogP contribution in [0.15, 0.2) is 42.5 Å². The van der Waals surface area contributed by atoms with Crippen LogP contribution in [0.5, 0.6) is 0 Å². The monoisotopic (exact) mass is 258 g/mol. The van der Waals surface area contributed by atoms with E-state index in [1.54, 1.807) is 6.07 Å². The molecule has 1 atom stereocenters. The molecule has 0 radical (unpaired) electrons. The minimum Gasteiger partial charge on any atom is -0.271 e. The molecule has 3 heteroatoms. The molecule has 0 saturated carbocycles. The maximum atomic E-state index is 13.9. The van der Waals surface area contributed by atoms with Crippen LogP contribution in [0.3, 0.4) is 0 Å². The second-order valence-electron chi connectivity index (χ2n) is 4.94. The number of hydrogen-bond acceptors (Lipinski definition) is 2. The van der Waals surface area contributed by atoms with E-state index in [0.717, 1.165) is 11.1 Å². The lowest BCUT2D eigenvalue weighted by Crippen LogP contribution is -2.30. The lowest BCUT2D eigenvalue weighted by atomic mass is 9.97. The minimum atomic E-state index is -0.221. The Balaban J connectivity index is 2.27. The predicted octanol–water partition coefficient (Wildman–Crippen LogP) is 3.19. The fourth-order valence-corrected chi connectivity index (χ4v) is 2.26. The smallest absolute Gasteiger partial charge is 0.128 e. The van der Waals surface area contributed by atoms with Crippen molar-refractivity contribution >= 4 is 0 Å². The van der Waals surface area contributed by atoms with Crippen LogP contribution < -0.4 is 11.3 Å². The molecule has 2 aromatic carbocycles. The molecule has 100 valence electrons. The van der Waals surface area contributed by atoms with Gasteiger partial charge in [-0.25, -0.2) is 4.39 Å². The van der Waals surface area contributed by atoms with E-state index in [1.807, 2.05) is 38.1 Å². The maximum absolute atomic E-state index is 13.9. The molecule has 0 amide bonds. The summed E-state index contributed by atoms with van der Waals surface area (Å²) >= 11 is 0. The van der Waals surface area contributed by atoms with Crippen molar-refractivity contribution < 1.29 is 4.39 Å². The van der Waals surface area contributed by atoms with Gasteiger partial charge in [-0.3, -0.25) is 11.3 Å². The van der Waals surface area contributed by atoms with Gasteiger partial charge >= 0.3 is 0 Å². The molecule has 0 bridgehead atoms. The second kappa shape index (κ2) is 5.95. The number of nitrogens with two attached hydrogens (primary N) is 1. The Morgan fingerprint density at radius 3 is 2.53 bits per heavy atom. The van der Waals surface area contributed by atoms with Gasteiger partial charge in [-0.05, 0) is 31.9 Å². The molecule has 0 fully saturated rings. The fourth-order valence-electron chi connectivity index (χ4n) is 2.26. The summed E-state index contributed by atoms with van der Waals surface area (Å²) in [5.74, 6) is 5.37. The Hall–Kier alpha value is -1.71. The van der Waals surface area contributed by atoms with Crippen LogP contribution in [0.2, 0.25) is 0 Å². The summed E-state index contributed by atoms with van der Waals surface area (Å²) in [5, 5.41) is 0. The normalized spacial score (nSPS) is 12.4. The van der Waals surface area contributed by atoms with Crippen LogP contribution >= 0.6 is 0 Å². The van der Waals surface area contributed by atoms with Crippen LogP contribution in [0, 0.1) is 19.7 Å². The Kier molecular flexibility index (Phi) is 4.30. The van der Waals surface area contributed by atoms with E-state index in [4.69, 9.17) is 5.84 Å². The van der Waals surface area contributed by atoms with Gasteiger partial charge in [-0.2, -0.15) is 0 Å². The number of rotatable bonds is 4. The van der Waals surface area contributed by atoms with E-state index in [-0.39, 0.29) is 11.9 Å². The molecule has 2 rings (SSSR count). The summed E-state index contributed by atoms with van der Waals surface area (Å²) in [5.41, 5.74) is 6.69. The lowest BCUT2D eigenvalue weighted by Gasteiger charge is -2.18. The molecule has 0 aliphatic carbocycles. The highest BCUT2D eigenvalue weighted by atomic mass is 19.1. The molecule has 2 aromatic rings. The lowest BCUT2D eigenvalue weighted by molar-refractivity contribution is 0.510. The van der Waals surface area contributed by atoms with Gasteiger partial charge in [0.1, 0.15) is 5.82 Å². The SMILES string of the molecule is Cc1cccc(CC(NN)c2cc(C)ccc2F)c1. The third-order valence-corrected chi connectivity index (χ3v) is 3.25. The Labute approximate surface area is 113 Å². The summed E-state index contributed by atoms with van der Waals surface area (Å²) in [4.78, 5) is 0. The Morgan fingerprint density at radius 1 is 1.11 bits per heavy atom. The van der Waals surface area contributed by atoms with E-state index >= 15 is 0 Å². The fraction of sp³-hybridized carbons (Fsp3) is 0.250. The van der Waals surface area contributed by atoms with Crippen molar-refractivity contribution in [2.24, 2.45) is 5.84 Å². The van der Waals surface area contributed by atoms with Crippen molar-refractivity contribution in [2.75, 3.05) is 0 Å². The number of nitrogens with one attached hydrogen (secondary N) is 1. The van der Waals surface area contributed by atoms with Crippen molar-refractivity contribution in [3.8, 4) is 0 Å². The van der Waals surface area contributed by atoms with E-state index in [0.29, 0.717) is 12.0 Å². The van der Waals surface area contributed by atoms with E-state index < -0.39 is 0 Å². The van der Waals surface area contributed by atoms with Gasteiger partial charge in [0, 0.05) is 5.56 Å². The molecule has 0 spiro atoms. The van der Waals surface area contributed by atoms with Crippen LogP contribution in [0.25, 0.3) is 0 Å². The molecule has 0 saturated heterocycles. The molecule has 1 unspecified atom stereocenters. The number of benzene rings is 2. The average molecular weight is 258 g/mol.